The van der Waals surface area contributed by atoms with E-state index in [1.807, 2.05) is 0 Å². The van der Waals surface area contributed by atoms with Crippen molar-refractivity contribution in [3.05, 3.63) is 39.9 Å². The Bertz CT molecular complexity index is 498. The molecule has 1 aromatic carbocycles. The van der Waals surface area contributed by atoms with Crippen molar-refractivity contribution in [3.8, 4) is 0 Å². The summed E-state index contributed by atoms with van der Waals surface area (Å²) in [7, 11) is 1.75. The molecule has 1 heterocycles. The summed E-state index contributed by atoms with van der Waals surface area (Å²) in [6.07, 6.45) is 1.92. The van der Waals surface area contributed by atoms with Crippen LogP contribution in [0.5, 0.6) is 0 Å². The second-order valence-electron chi connectivity index (χ2n) is 5.16. The standard InChI is InChI=1S/C14H19N3O3/c1-16(14(18)12-5-3-7-15-9-12)10-11-4-2-6-13(8-11)17(19)20/h2,4,6,8,12,15H,3,5,7,9-10H2,1H3. The summed E-state index contributed by atoms with van der Waals surface area (Å²) in [6.45, 7) is 2.09. The van der Waals surface area contributed by atoms with Gasteiger partial charge in [-0.05, 0) is 24.9 Å². The van der Waals surface area contributed by atoms with Gasteiger partial charge in [-0.3, -0.25) is 14.9 Å². The minimum Gasteiger partial charge on any atom is -0.341 e. The van der Waals surface area contributed by atoms with Gasteiger partial charge in [0.1, 0.15) is 0 Å². The predicted octanol–water partition coefficient (Wildman–Crippen LogP) is 1.55. The zero-order valence-electron chi connectivity index (χ0n) is 11.5. The van der Waals surface area contributed by atoms with Crippen LogP contribution in [0, 0.1) is 16.0 Å². The first kappa shape index (κ1) is 14.5. The van der Waals surface area contributed by atoms with E-state index in [0.29, 0.717) is 6.54 Å². The van der Waals surface area contributed by atoms with Crippen LogP contribution in [0.15, 0.2) is 24.3 Å². The molecule has 0 saturated carbocycles. The van der Waals surface area contributed by atoms with Gasteiger partial charge < -0.3 is 10.2 Å². The average molecular weight is 277 g/mol. The van der Waals surface area contributed by atoms with E-state index >= 15 is 0 Å². The van der Waals surface area contributed by atoms with E-state index in [-0.39, 0.29) is 17.5 Å². The number of nitrogens with one attached hydrogen (secondary N) is 1. The Morgan fingerprint density at radius 1 is 1.55 bits per heavy atom. The molecule has 1 aliphatic rings. The number of amides is 1. The van der Waals surface area contributed by atoms with Gasteiger partial charge in [-0.15, -0.1) is 0 Å². The maximum absolute atomic E-state index is 12.3. The van der Waals surface area contributed by atoms with Gasteiger partial charge in [0, 0.05) is 32.3 Å². The molecule has 1 atom stereocenters. The molecular formula is C14H19N3O3. The summed E-state index contributed by atoms with van der Waals surface area (Å²) in [6, 6.07) is 6.42. The molecular weight excluding hydrogens is 258 g/mol. The topological polar surface area (TPSA) is 75.5 Å². The molecule has 0 bridgehead atoms. The number of nitro groups is 1. The first-order chi connectivity index (χ1) is 9.58. The van der Waals surface area contributed by atoms with Crippen molar-refractivity contribution in [2.75, 3.05) is 20.1 Å². The van der Waals surface area contributed by atoms with Crippen molar-refractivity contribution < 1.29 is 9.72 Å². The summed E-state index contributed by atoms with van der Waals surface area (Å²) in [5, 5.41) is 14.0. The number of nitro benzene ring substituents is 1. The number of benzene rings is 1. The van der Waals surface area contributed by atoms with E-state index in [4.69, 9.17) is 0 Å². The average Bonchev–Trinajstić information content (AvgIpc) is 2.47. The van der Waals surface area contributed by atoms with Gasteiger partial charge in [-0.25, -0.2) is 0 Å². The third kappa shape index (κ3) is 3.54. The molecule has 2 rings (SSSR count). The van der Waals surface area contributed by atoms with Gasteiger partial charge >= 0.3 is 0 Å². The molecule has 20 heavy (non-hydrogen) atoms. The Kier molecular flexibility index (Phi) is 4.68. The van der Waals surface area contributed by atoms with Crippen LogP contribution in [0.25, 0.3) is 0 Å². The van der Waals surface area contributed by atoms with E-state index in [1.54, 1.807) is 24.1 Å². The van der Waals surface area contributed by atoms with Gasteiger partial charge in [-0.2, -0.15) is 0 Å². The van der Waals surface area contributed by atoms with Gasteiger partial charge in [0.25, 0.3) is 5.69 Å². The number of nitrogens with zero attached hydrogens (tertiary/aromatic N) is 2. The van der Waals surface area contributed by atoms with Gasteiger partial charge in [0.15, 0.2) is 0 Å². The van der Waals surface area contributed by atoms with Crippen molar-refractivity contribution >= 4 is 11.6 Å². The first-order valence-electron chi connectivity index (χ1n) is 6.77. The number of piperidine rings is 1. The van der Waals surface area contributed by atoms with E-state index in [2.05, 4.69) is 5.32 Å². The summed E-state index contributed by atoms with van der Waals surface area (Å²) >= 11 is 0. The quantitative estimate of drug-likeness (QED) is 0.669. The zero-order valence-corrected chi connectivity index (χ0v) is 11.5. The zero-order chi connectivity index (χ0) is 14.5. The largest absolute Gasteiger partial charge is 0.341 e. The highest BCUT2D eigenvalue weighted by molar-refractivity contribution is 5.79. The van der Waals surface area contributed by atoms with Crippen molar-refractivity contribution in [1.82, 2.24) is 10.2 Å². The summed E-state index contributed by atoms with van der Waals surface area (Å²) < 4.78 is 0. The highest BCUT2D eigenvalue weighted by Crippen LogP contribution is 2.17. The van der Waals surface area contributed by atoms with Crippen molar-refractivity contribution in [2.24, 2.45) is 5.92 Å². The normalized spacial score (nSPS) is 18.6. The number of hydrogen-bond acceptors (Lipinski definition) is 4. The fourth-order valence-electron chi connectivity index (χ4n) is 2.49. The molecule has 1 N–H and O–H groups in total. The van der Waals surface area contributed by atoms with E-state index in [0.717, 1.165) is 31.5 Å². The lowest BCUT2D eigenvalue weighted by Gasteiger charge is -2.27. The van der Waals surface area contributed by atoms with Gasteiger partial charge in [-0.1, -0.05) is 12.1 Å². The minimum absolute atomic E-state index is 0.0208. The highest BCUT2D eigenvalue weighted by atomic mass is 16.6. The van der Waals surface area contributed by atoms with E-state index in [1.165, 1.54) is 12.1 Å². The summed E-state index contributed by atoms with van der Waals surface area (Å²) in [5.41, 5.74) is 0.835. The Morgan fingerprint density at radius 2 is 2.35 bits per heavy atom. The molecule has 6 nitrogen and oxygen atoms in total. The molecule has 1 saturated heterocycles. The number of carbonyl (C=O) groups is 1. The van der Waals surface area contributed by atoms with Crippen LogP contribution in [0.2, 0.25) is 0 Å². The Balaban J connectivity index is 1.99. The highest BCUT2D eigenvalue weighted by Gasteiger charge is 2.24. The lowest BCUT2D eigenvalue weighted by atomic mass is 9.98. The lowest BCUT2D eigenvalue weighted by molar-refractivity contribution is -0.384. The molecule has 1 unspecified atom stereocenters. The Labute approximate surface area is 117 Å². The Morgan fingerprint density at radius 3 is 3.00 bits per heavy atom. The number of non-ortho nitro benzene ring substituents is 1. The second kappa shape index (κ2) is 6.47. The predicted molar refractivity (Wildman–Crippen MR) is 75.2 cm³/mol. The Hall–Kier alpha value is -1.95. The van der Waals surface area contributed by atoms with Crippen LogP contribution in [-0.4, -0.2) is 35.9 Å². The molecule has 1 aromatic rings. The van der Waals surface area contributed by atoms with Crippen LogP contribution in [0.1, 0.15) is 18.4 Å². The van der Waals surface area contributed by atoms with Crippen molar-refractivity contribution in [1.29, 1.82) is 0 Å². The maximum atomic E-state index is 12.3. The minimum atomic E-state index is -0.420. The molecule has 0 aromatic heterocycles. The summed E-state index contributed by atoms with van der Waals surface area (Å²) in [4.78, 5) is 24.2. The third-order valence-corrected chi connectivity index (χ3v) is 3.56. The second-order valence-corrected chi connectivity index (χ2v) is 5.16. The van der Waals surface area contributed by atoms with Gasteiger partial charge in [0.05, 0.1) is 10.8 Å². The monoisotopic (exact) mass is 277 g/mol. The van der Waals surface area contributed by atoms with Crippen LogP contribution >= 0.6 is 0 Å². The lowest BCUT2D eigenvalue weighted by Crippen LogP contribution is -2.41. The number of rotatable bonds is 4. The van der Waals surface area contributed by atoms with Crippen LogP contribution < -0.4 is 5.32 Å². The molecule has 0 spiro atoms. The van der Waals surface area contributed by atoms with Crippen molar-refractivity contribution in [3.63, 3.8) is 0 Å². The molecule has 0 radical (unpaired) electrons. The van der Waals surface area contributed by atoms with Crippen LogP contribution in [-0.2, 0) is 11.3 Å². The van der Waals surface area contributed by atoms with Crippen LogP contribution in [0.3, 0.4) is 0 Å². The fraction of sp³-hybridized carbons (Fsp3) is 0.500. The molecule has 1 fully saturated rings. The van der Waals surface area contributed by atoms with E-state index < -0.39 is 4.92 Å². The third-order valence-electron chi connectivity index (χ3n) is 3.56. The summed E-state index contributed by atoms with van der Waals surface area (Å²) in [5.74, 6) is 0.121. The molecule has 1 aliphatic heterocycles. The van der Waals surface area contributed by atoms with E-state index in [9.17, 15) is 14.9 Å². The number of hydrogen-bond donors (Lipinski definition) is 1. The molecule has 1 amide bonds. The molecule has 0 aliphatic carbocycles. The SMILES string of the molecule is CN(Cc1cccc([N+](=O)[O-])c1)C(=O)C1CCCNC1. The maximum Gasteiger partial charge on any atom is 0.269 e. The molecule has 108 valence electrons. The smallest absolute Gasteiger partial charge is 0.269 e. The van der Waals surface area contributed by atoms with Gasteiger partial charge in [0.2, 0.25) is 5.91 Å². The van der Waals surface area contributed by atoms with Crippen LogP contribution in [0.4, 0.5) is 5.69 Å². The molecule has 6 heteroatoms. The number of carbonyl (C=O) groups excluding carboxylic acids is 1. The fourth-order valence-corrected chi connectivity index (χ4v) is 2.49. The van der Waals surface area contributed by atoms with Crippen molar-refractivity contribution in [2.45, 2.75) is 19.4 Å². The first-order valence-corrected chi connectivity index (χ1v) is 6.77.